The third kappa shape index (κ3) is 2.05. The zero-order valence-corrected chi connectivity index (χ0v) is 8.41. The monoisotopic (exact) mass is 183 g/mol. The molecule has 1 aliphatic carbocycles. The van der Waals surface area contributed by atoms with Crippen molar-refractivity contribution in [3.8, 4) is 0 Å². The second-order valence-corrected chi connectivity index (χ2v) is 4.54. The highest BCUT2D eigenvalue weighted by molar-refractivity contribution is 4.85. The van der Waals surface area contributed by atoms with Crippen molar-refractivity contribution in [3.63, 3.8) is 0 Å². The lowest BCUT2D eigenvalue weighted by molar-refractivity contribution is 0.0812. The van der Waals surface area contributed by atoms with Gasteiger partial charge in [0.15, 0.2) is 0 Å². The lowest BCUT2D eigenvalue weighted by atomic mass is 9.84. The molecule has 13 heavy (non-hydrogen) atoms. The van der Waals surface area contributed by atoms with Crippen LogP contribution < -0.4 is 0 Å². The first-order valence-corrected chi connectivity index (χ1v) is 5.76. The van der Waals surface area contributed by atoms with Crippen molar-refractivity contribution < 1.29 is 5.11 Å². The molecule has 0 aromatic rings. The van der Waals surface area contributed by atoms with Crippen LogP contribution in [0, 0.1) is 5.92 Å². The van der Waals surface area contributed by atoms with E-state index in [0.717, 1.165) is 0 Å². The summed E-state index contributed by atoms with van der Waals surface area (Å²) in [5.41, 5.74) is 0. The predicted octanol–water partition coefficient (Wildman–Crippen LogP) is 1.63. The van der Waals surface area contributed by atoms with Crippen molar-refractivity contribution in [1.29, 1.82) is 0 Å². The van der Waals surface area contributed by atoms with Gasteiger partial charge in [-0.1, -0.05) is 12.8 Å². The van der Waals surface area contributed by atoms with Crippen LogP contribution in [-0.4, -0.2) is 35.7 Å². The first-order chi connectivity index (χ1) is 6.42. The van der Waals surface area contributed by atoms with Crippen LogP contribution in [0.1, 0.15) is 38.5 Å². The van der Waals surface area contributed by atoms with Gasteiger partial charge in [-0.15, -0.1) is 0 Å². The molecule has 0 spiro atoms. The number of aliphatic hydroxyl groups is 1. The summed E-state index contributed by atoms with van der Waals surface area (Å²) in [7, 11) is 0. The minimum absolute atomic E-state index is 0.404. The van der Waals surface area contributed by atoms with Gasteiger partial charge in [0.1, 0.15) is 0 Å². The van der Waals surface area contributed by atoms with E-state index in [0.29, 0.717) is 18.6 Å². The van der Waals surface area contributed by atoms with Crippen LogP contribution in [0.4, 0.5) is 0 Å². The summed E-state index contributed by atoms with van der Waals surface area (Å²) in [6.07, 6.45) is 8.01. The zero-order valence-electron chi connectivity index (χ0n) is 8.41. The Labute approximate surface area is 80.9 Å². The van der Waals surface area contributed by atoms with Crippen molar-refractivity contribution in [2.24, 2.45) is 5.92 Å². The van der Waals surface area contributed by atoms with E-state index in [1.807, 2.05) is 0 Å². The molecule has 0 radical (unpaired) electrons. The van der Waals surface area contributed by atoms with E-state index in [1.54, 1.807) is 0 Å². The molecule has 2 aliphatic rings. The Kier molecular flexibility index (Phi) is 3.23. The lowest BCUT2D eigenvalue weighted by Crippen LogP contribution is -2.42. The minimum Gasteiger partial charge on any atom is -0.396 e. The first-order valence-electron chi connectivity index (χ1n) is 5.76. The highest BCUT2D eigenvalue weighted by Gasteiger charge is 2.30. The van der Waals surface area contributed by atoms with Crippen molar-refractivity contribution in [2.45, 2.75) is 44.6 Å². The van der Waals surface area contributed by atoms with Gasteiger partial charge in [-0.25, -0.2) is 0 Å². The van der Waals surface area contributed by atoms with Gasteiger partial charge in [-0.3, -0.25) is 0 Å². The summed E-state index contributed by atoms with van der Waals surface area (Å²) in [5, 5.41) is 9.30. The summed E-state index contributed by atoms with van der Waals surface area (Å²) in [5.74, 6) is 0.576. The molecule has 2 heteroatoms. The van der Waals surface area contributed by atoms with Crippen LogP contribution in [-0.2, 0) is 0 Å². The van der Waals surface area contributed by atoms with Gasteiger partial charge < -0.3 is 10.0 Å². The highest BCUT2D eigenvalue weighted by atomic mass is 16.3. The molecule has 1 saturated heterocycles. The van der Waals surface area contributed by atoms with Gasteiger partial charge in [0.05, 0.1) is 0 Å². The maximum atomic E-state index is 9.30. The number of rotatable bonds is 2. The maximum absolute atomic E-state index is 9.30. The lowest BCUT2D eigenvalue weighted by Gasteiger charge is -2.37. The van der Waals surface area contributed by atoms with E-state index in [2.05, 4.69) is 4.90 Å². The fourth-order valence-electron chi connectivity index (χ4n) is 2.96. The second-order valence-electron chi connectivity index (χ2n) is 4.54. The Hall–Kier alpha value is -0.0800. The molecule has 2 fully saturated rings. The fourth-order valence-corrected chi connectivity index (χ4v) is 2.96. The topological polar surface area (TPSA) is 23.5 Å². The molecule has 0 bridgehead atoms. The summed E-state index contributed by atoms with van der Waals surface area (Å²) in [6, 6.07) is 0.709. The molecule has 2 rings (SSSR count). The van der Waals surface area contributed by atoms with Gasteiger partial charge in [0, 0.05) is 12.6 Å². The van der Waals surface area contributed by atoms with Gasteiger partial charge >= 0.3 is 0 Å². The largest absolute Gasteiger partial charge is 0.396 e. The smallest absolute Gasteiger partial charge is 0.0474 e. The molecule has 2 nitrogen and oxygen atoms in total. The van der Waals surface area contributed by atoms with E-state index >= 15 is 0 Å². The molecule has 0 amide bonds. The average Bonchev–Trinajstić information content (AvgIpc) is 2.70. The molecular formula is C11H21NO. The van der Waals surface area contributed by atoms with Crippen LogP contribution in [0.25, 0.3) is 0 Å². The predicted molar refractivity (Wildman–Crippen MR) is 53.6 cm³/mol. The van der Waals surface area contributed by atoms with E-state index in [-0.39, 0.29) is 0 Å². The van der Waals surface area contributed by atoms with Crippen molar-refractivity contribution in [1.82, 2.24) is 4.90 Å². The van der Waals surface area contributed by atoms with Crippen LogP contribution in [0.3, 0.4) is 0 Å². The van der Waals surface area contributed by atoms with Crippen molar-refractivity contribution in [2.75, 3.05) is 19.7 Å². The molecule has 1 aliphatic heterocycles. The molecular weight excluding hydrogens is 162 g/mol. The Morgan fingerprint density at radius 1 is 1.00 bits per heavy atom. The third-order valence-electron chi connectivity index (χ3n) is 3.71. The van der Waals surface area contributed by atoms with Crippen molar-refractivity contribution >= 4 is 0 Å². The maximum Gasteiger partial charge on any atom is 0.0474 e. The quantitative estimate of drug-likeness (QED) is 0.703. The number of hydrogen-bond acceptors (Lipinski definition) is 2. The third-order valence-corrected chi connectivity index (χ3v) is 3.71. The summed E-state index contributed by atoms with van der Waals surface area (Å²) >= 11 is 0. The molecule has 2 atom stereocenters. The van der Waals surface area contributed by atoms with E-state index in [9.17, 15) is 5.11 Å². The van der Waals surface area contributed by atoms with Gasteiger partial charge in [-0.05, 0) is 44.7 Å². The first kappa shape index (κ1) is 9.47. The van der Waals surface area contributed by atoms with E-state index < -0.39 is 0 Å². The van der Waals surface area contributed by atoms with Crippen LogP contribution in [0.5, 0.6) is 0 Å². The Balaban J connectivity index is 1.93. The summed E-state index contributed by atoms with van der Waals surface area (Å²) in [4.78, 5) is 2.61. The van der Waals surface area contributed by atoms with E-state index in [1.165, 1.54) is 51.6 Å². The van der Waals surface area contributed by atoms with E-state index in [4.69, 9.17) is 0 Å². The highest BCUT2D eigenvalue weighted by Crippen LogP contribution is 2.30. The number of likely N-dealkylation sites (tertiary alicyclic amines) is 1. The average molecular weight is 183 g/mol. The molecule has 76 valence electrons. The van der Waals surface area contributed by atoms with Crippen LogP contribution in [0.15, 0.2) is 0 Å². The van der Waals surface area contributed by atoms with Gasteiger partial charge in [0.25, 0.3) is 0 Å². The van der Waals surface area contributed by atoms with Gasteiger partial charge in [0.2, 0.25) is 0 Å². The molecule has 0 aromatic heterocycles. The minimum atomic E-state index is 0.404. The standard InChI is InChI=1S/C11H21NO/c13-9-10-5-1-2-6-11(10)12-7-3-4-8-12/h10-11,13H,1-9H2. The fraction of sp³-hybridized carbons (Fsp3) is 1.00. The molecule has 1 N–H and O–H groups in total. The summed E-state index contributed by atoms with van der Waals surface area (Å²) < 4.78 is 0. The van der Waals surface area contributed by atoms with Crippen molar-refractivity contribution in [3.05, 3.63) is 0 Å². The zero-order chi connectivity index (χ0) is 9.10. The number of aliphatic hydroxyl groups excluding tert-OH is 1. The normalized spacial score (nSPS) is 36.7. The number of hydrogen-bond donors (Lipinski definition) is 1. The molecule has 2 unspecified atom stereocenters. The summed E-state index contributed by atoms with van der Waals surface area (Å²) in [6.45, 7) is 2.96. The van der Waals surface area contributed by atoms with Crippen LogP contribution >= 0.6 is 0 Å². The Morgan fingerprint density at radius 3 is 2.38 bits per heavy atom. The van der Waals surface area contributed by atoms with Crippen LogP contribution in [0.2, 0.25) is 0 Å². The Morgan fingerprint density at radius 2 is 1.69 bits per heavy atom. The molecule has 1 saturated carbocycles. The Bertz CT molecular complexity index is 152. The molecule has 0 aromatic carbocycles. The molecule has 1 heterocycles. The SMILES string of the molecule is OCC1CCCCC1N1CCCC1. The second kappa shape index (κ2) is 4.43. The number of nitrogens with zero attached hydrogens (tertiary/aromatic N) is 1. The van der Waals surface area contributed by atoms with Gasteiger partial charge in [-0.2, -0.15) is 0 Å².